The van der Waals surface area contributed by atoms with E-state index in [4.69, 9.17) is 0 Å². The van der Waals surface area contributed by atoms with Crippen LogP contribution in [0.5, 0.6) is 0 Å². The molecule has 0 saturated carbocycles. The second kappa shape index (κ2) is 5.50. The molecule has 1 rings (SSSR count). The van der Waals surface area contributed by atoms with E-state index in [1.807, 2.05) is 0 Å². The highest BCUT2D eigenvalue weighted by Gasteiger charge is 2.29. The number of unbranched alkanes of at least 4 members (excludes halogenated alkanes) is 1. The highest BCUT2D eigenvalue weighted by molar-refractivity contribution is 5.53. The number of hydrogen-bond acceptors (Lipinski definition) is 2. The first-order valence-corrected chi connectivity index (χ1v) is 5.90. The molecule has 1 aliphatic rings. The summed E-state index contributed by atoms with van der Waals surface area (Å²) in [5.41, 5.74) is 0. The van der Waals surface area contributed by atoms with Gasteiger partial charge in [-0.15, -0.1) is 0 Å². The molecular formula is C12H23NO. The van der Waals surface area contributed by atoms with Crippen molar-refractivity contribution in [3.63, 3.8) is 0 Å². The lowest BCUT2D eigenvalue weighted by molar-refractivity contribution is -0.113. The molecule has 2 atom stereocenters. The van der Waals surface area contributed by atoms with Crippen LogP contribution in [0, 0.1) is 5.92 Å². The third kappa shape index (κ3) is 2.81. The lowest BCUT2D eigenvalue weighted by Crippen LogP contribution is -2.47. The van der Waals surface area contributed by atoms with Gasteiger partial charge in [0, 0.05) is 18.0 Å². The Kier molecular flexibility index (Phi) is 4.59. The first-order valence-electron chi connectivity index (χ1n) is 5.90. The summed E-state index contributed by atoms with van der Waals surface area (Å²) in [6, 6.07) is 1.17. The molecule has 1 aliphatic heterocycles. The summed E-state index contributed by atoms with van der Waals surface area (Å²) in [6.07, 6.45) is 5.78. The van der Waals surface area contributed by atoms with Gasteiger partial charge in [0.15, 0.2) is 0 Å². The van der Waals surface area contributed by atoms with Crippen molar-refractivity contribution in [2.75, 3.05) is 6.54 Å². The average Bonchev–Trinajstić information content (AvgIpc) is 2.16. The topological polar surface area (TPSA) is 20.3 Å². The fraction of sp³-hybridized carbons (Fsp3) is 0.917. The largest absolute Gasteiger partial charge is 0.303 e. The van der Waals surface area contributed by atoms with Gasteiger partial charge in [0.25, 0.3) is 0 Å². The van der Waals surface area contributed by atoms with Gasteiger partial charge in [-0.3, -0.25) is 4.90 Å². The molecule has 0 aromatic rings. The third-order valence-electron chi connectivity index (χ3n) is 3.38. The highest BCUT2D eigenvalue weighted by atomic mass is 16.1. The van der Waals surface area contributed by atoms with Crippen molar-refractivity contribution < 1.29 is 4.79 Å². The standard InChI is InChI=1S/C12H23NO/c1-4-5-6-13-10(2)7-12(9-14)8-11(13)3/h9-12H,4-8H2,1-3H3. The Bertz CT molecular complexity index is 169. The van der Waals surface area contributed by atoms with Gasteiger partial charge in [-0.05, 0) is 39.7 Å². The quantitative estimate of drug-likeness (QED) is 0.645. The summed E-state index contributed by atoms with van der Waals surface area (Å²) < 4.78 is 0. The molecule has 1 heterocycles. The van der Waals surface area contributed by atoms with Gasteiger partial charge in [-0.1, -0.05) is 13.3 Å². The molecule has 0 spiro atoms. The van der Waals surface area contributed by atoms with Crippen molar-refractivity contribution in [2.45, 2.75) is 58.5 Å². The SMILES string of the molecule is CCCCN1C(C)CC(C=O)CC1C. The second-order valence-corrected chi connectivity index (χ2v) is 4.66. The van der Waals surface area contributed by atoms with Crippen LogP contribution in [0.1, 0.15) is 46.5 Å². The van der Waals surface area contributed by atoms with Gasteiger partial charge in [-0.2, -0.15) is 0 Å². The Morgan fingerprint density at radius 3 is 2.29 bits per heavy atom. The van der Waals surface area contributed by atoms with Gasteiger partial charge in [0.2, 0.25) is 0 Å². The minimum atomic E-state index is 0.304. The number of aldehydes is 1. The number of nitrogens with zero attached hydrogens (tertiary/aromatic N) is 1. The van der Waals surface area contributed by atoms with E-state index < -0.39 is 0 Å². The van der Waals surface area contributed by atoms with Gasteiger partial charge in [0.05, 0.1) is 0 Å². The molecule has 2 nitrogen and oxygen atoms in total. The zero-order chi connectivity index (χ0) is 10.6. The number of piperidine rings is 1. The minimum Gasteiger partial charge on any atom is -0.303 e. The molecule has 0 aliphatic carbocycles. The number of carbonyl (C=O) groups is 1. The molecular weight excluding hydrogens is 174 g/mol. The van der Waals surface area contributed by atoms with E-state index in [0.29, 0.717) is 18.0 Å². The third-order valence-corrected chi connectivity index (χ3v) is 3.38. The molecule has 82 valence electrons. The van der Waals surface area contributed by atoms with Crippen LogP contribution in [-0.4, -0.2) is 29.8 Å². The zero-order valence-corrected chi connectivity index (χ0v) is 9.70. The van der Waals surface area contributed by atoms with E-state index in [-0.39, 0.29) is 0 Å². The maximum absolute atomic E-state index is 10.8. The zero-order valence-electron chi connectivity index (χ0n) is 9.70. The van der Waals surface area contributed by atoms with E-state index in [1.165, 1.54) is 19.4 Å². The smallest absolute Gasteiger partial charge is 0.123 e. The van der Waals surface area contributed by atoms with Gasteiger partial charge in [-0.25, -0.2) is 0 Å². The number of likely N-dealkylation sites (tertiary alicyclic amines) is 1. The number of carbonyl (C=O) groups excluding carboxylic acids is 1. The van der Waals surface area contributed by atoms with Gasteiger partial charge < -0.3 is 4.79 Å². The predicted octanol–water partition coefficient (Wildman–Crippen LogP) is 2.47. The van der Waals surface area contributed by atoms with Crippen LogP contribution in [0.25, 0.3) is 0 Å². The van der Waals surface area contributed by atoms with Crippen LogP contribution >= 0.6 is 0 Å². The van der Waals surface area contributed by atoms with E-state index in [0.717, 1.165) is 19.1 Å². The Balaban J connectivity index is 2.47. The normalized spacial score (nSPS) is 34.4. The van der Waals surface area contributed by atoms with Crippen molar-refractivity contribution >= 4 is 6.29 Å². The van der Waals surface area contributed by atoms with Gasteiger partial charge in [0.1, 0.15) is 6.29 Å². The summed E-state index contributed by atoms with van der Waals surface area (Å²) in [7, 11) is 0. The molecule has 0 N–H and O–H groups in total. The van der Waals surface area contributed by atoms with Gasteiger partial charge >= 0.3 is 0 Å². The summed E-state index contributed by atoms with van der Waals surface area (Å²) in [4.78, 5) is 13.3. The molecule has 14 heavy (non-hydrogen) atoms. The first-order chi connectivity index (χ1) is 6.69. The molecule has 2 unspecified atom stereocenters. The van der Waals surface area contributed by atoms with Crippen LogP contribution in [0.2, 0.25) is 0 Å². The average molecular weight is 197 g/mol. The van der Waals surface area contributed by atoms with Crippen molar-refractivity contribution in [3.8, 4) is 0 Å². The molecule has 0 bridgehead atoms. The van der Waals surface area contributed by atoms with Crippen molar-refractivity contribution in [1.29, 1.82) is 0 Å². The summed E-state index contributed by atoms with van der Waals surface area (Å²) in [5, 5.41) is 0. The maximum atomic E-state index is 10.8. The van der Waals surface area contributed by atoms with E-state index in [9.17, 15) is 4.79 Å². The fourth-order valence-electron chi connectivity index (χ4n) is 2.57. The monoisotopic (exact) mass is 197 g/mol. The summed E-state index contributed by atoms with van der Waals surface area (Å²) >= 11 is 0. The molecule has 0 radical (unpaired) electrons. The number of rotatable bonds is 4. The molecule has 0 aromatic carbocycles. The van der Waals surface area contributed by atoms with Crippen LogP contribution in [0.4, 0.5) is 0 Å². The van der Waals surface area contributed by atoms with Crippen LogP contribution in [0.3, 0.4) is 0 Å². The van der Waals surface area contributed by atoms with Crippen LogP contribution in [-0.2, 0) is 4.79 Å². The molecule has 0 aromatic heterocycles. The maximum Gasteiger partial charge on any atom is 0.123 e. The summed E-state index contributed by atoms with van der Waals surface area (Å²) in [6.45, 7) is 7.93. The number of hydrogen-bond donors (Lipinski definition) is 0. The van der Waals surface area contributed by atoms with E-state index >= 15 is 0 Å². The predicted molar refractivity (Wildman–Crippen MR) is 59.3 cm³/mol. The lowest BCUT2D eigenvalue weighted by atomic mass is 9.88. The minimum absolute atomic E-state index is 0.304. The molecule has 1 saturated heterocycles. The van der Waals surface area contributed by atoms with E-state index in [1.54, 1.807) is 0 Å². The Morgan fingerprint density at radius 1 is 1.29 bits per heavy atom. The molecule has 1 fully saturated rings. The lowest BCUT2D eigenvalue weighted by Gasteiger charge is -2.41. The second-order valence-electron chi connectivity index (χ2n) is 4.66. The highest BCUT2D eigenvalue weighted by Crippen LogP contribution is 2.26. The first kappa shape index (κ1) is 11.7. The van der Waals surface area contributed by atoms with Crippen molar-refractivity contribution in [2.24, 2.45) is 5.92 Å². The van der Waals surface area contributed by atoms with Crippen LogP contribution < -0.4 is 0 Å². The van der Waals surface area contributed by atoms with Crippen molar-refractivity contribution in [1.82, 2.24) is 4.90 Å². The van der Waals surface area contributed by atoms with E-state index in [2.05, 4.69) is 25.7 Å². The Hall–Kier alpha value is -0.370. The van der Waals surface area contributed by atoms with Crippen LogP contribution in [0.15, 0.2) is 0 Å². The Labute approximate surface area is 87.7 Å². The fourth-order valence-corrected chi connectivity index (χ4v) is 2.57. The Morgan fingerprint density at radius 2 is 1.86 bits per heavy atom. The molecule has 0 amide bonds. The molecule has 2 heteroatoms. The van der Waals surface area contributed by atoms with Crippen molar-refractivity contribution in [3.05, 3.63) is 0 Å². The summed E-state index contributed by atoms with van der Waals surface area (Å²) in [5.74, 6) is 0.304.